The second kappa shape index (κ2) is 4.88. The predicted molar refractivity (Wildman–Crippen MR) is 65.7 cm³/mol. The summed E-state index contributed by atoms with van der Waals surface area (Å²) >= 11 is 5.63. The Morgan fingerprint density at radius 1 is 1.62 bits per heavy atom. The van der Waals surface area contributed by atoms with Crippen molar-refractivity contribution in [2.24, 2.45) is 0 Å². The van der Waals surface area contributed by atoms with Gasteiger partial charge in [0.1, 0.15) is 6.04 Å². The number of thiophene rings is 1. The van der Waals surface area contributed by atoms with Crippen molar-refractivity contribution < 1.29 is 9.59 Å². The Bertz CT molecular complexity index is 392. The molecule has 2 atom stereocenters. The maximum absolute atomic E-state index is 11.6. The molecule has 86 valence electrons. The van der Waals surface area contributed by atoms with Crippen molar-refractivity contribution in [2.75, 3.05) is 5.75 Å². The lowest BCUT2D eigenvalue weighted by Gasteiger charge is -2.36. The van der Waals surface area contributed by atoms with Gasteiger partial charge in [-0.15, -0.1) is 11.3 Å². The van der Waals surface area contributed by atoms with E-state index in [0.29, 0.717) is 12.2 Å². The Hall–Kier alpha value is -1.01. The van der Waals surface area contributed by atoms with E-state index in [-0.39, 0.29) is 17.9 Å². The van der Waals surface area contributed by atoms with E-state index in [1.807, 2.05) is 17.5 Å². The first-order valence-electron chi connectivity index (χ1n) is 4.93. The summed E-state index contributed by atoms with van der Waals surface area (Å²) in [4.78, 5) is 23.8. The van der Waals surface area contributed by atoms with Crippen molar-refractivity contribution >= 4 is 35.8 Å². The molecule has 0 saturated carbocycles. The molecular formula is C10H12N2O2S2. The normalized spacial score (nSPS) is 23.4. The zero-order valence-electron chi connectivity index (χ0n) is 8.47. The Morgan fingerprint density at radius 2 is 2.44 bits per heavy atom. The minimum Gasteiger partial charge on any atom is -0.348 e. The van der Waals surface area contributed by atoms with Crippen molar-refractivity contribution in [1.82, 2.24) is 10.6 Å². The third-order valence-electron chi connectivity index (χ3n) is 2.44. The molecule has 1 saturated heterocycles. The fourth-order valence-electron chi connectivity index (χ4n) is 1.56. The molecule has 4 nitrogen and oxygen atoms in total. The van der Waals surface area contributed by atoms with Gasteiger partial charge in [-0.05, 0) is 11.4 Å². The third-order valence-corrected chi connectivity index (χ3v) is 3.71. The number of carbonyl (C=O) groups excluding carboxylic acids is 2. The molecule has 0 radical (unpaired) electrons. The molecular weight excluding hydrogens is 244 g/mol. The highest BCUT2D eigenvalue weighted by Crippen LogP contribution is 2.11. The number of hydrogen-bond acceptors (Lipinski definition) is 4. The number of amides is 2. The summed E-state index contributed by atoms with van der Waals surface area (Å²) in [5.74, 6) is 0.294. The van der Waals surface area contributed by atoms with E-state index in [9.17, 15) is 9.59 Å². The fraction of sp³-hybridized carbons (Fsp3) is 0.400. The van der Waals surface area contributed by atoms with E-state index in [4.69, 9.17) is 0 Å². The van der Waals surface area contributed by atoms with Gasteiger partial charge in [0.05, 0.1) is 12.5 Å². The van der Waals surface area contributed by atoms with E-state index in [2.05, 4.69) is 23.3 Å². The van der Waals surface area contributed by atoms with E-state index >= 15 is 0 Å². The third kappa shape index (κ3) is 2.38. The first-order valence-corrected chi connectivity index (χ1v) is 6.45. The second-order valence-corrected chi connectivity index (χ2v) is 5.00. The highest BCUT2D eigenvalue weighted by atomic mass is 32.1. The van der Waals surface area contributed by atoms with E-state index in [1.54, 1.807) is 0 Å². The first kappa shape index (κ1) is 11.5. The van der Waals surface area contributed by atoms with Gasteiger partial charge in [-0.1, -0.05) is 6.07 Å². The summed E-state index contributed by atoms with van der Waals surface area (Å²) in [6, 6.07) is 3.36. The molecule has 1 aromatic rings. The molecule has 2 heterocycles. The van der Waals surface area contributed by atoms with Gasteiger partial charge >= 0.3 is 0 Å². The van der Waals surface area contributed by atoms with Crippen LogP contribution in [0.3, 0.4) is 0 Å². The molecule has 1 aliphatic rings. The lowest BCUT2D eigenvalue weighted by atomic mass is 10.0. The van der Waals surface area contributed by atoms with Gasteiger partial charge in [-0.2, -0.15) is 12.6 Å². The zero-order valence-corrected chi connectivity index (χ0v) is 10.2. The van der Waals surface area contributed by atoms with Crippen LogP contribution in [0.4, 0.5) is 0 Å². The van der Waals surface area contributed by atoms with Gasteiger partial charge in [0.2, 0.25) is 11.8 Å². The van der Waals surface area contributed by atoms with E-state index < -0.39 is 6.04 Å². The van der Waals surface area contributed by atoms with Crippen LogP contribution in [0.25, 0.3) is 0 Å². The number of rotatable bonds is 4. The van der Waals surface area contributed by atoms with Gasteiger partial charge in [0, 0.05) is 10.6 Å². The Kier molecular flexibility index (Phi) is 3.50. The molecule has 0 bridgehead atoms. The largest absolute Gasteiger partial charge is 0.348 e. The SMILES string of the molecule is O=C(Cc1cccs1)NC1C(=O)NC1CS. The number of thiol groups is 1. The fourth-order valence-corrected chi connectivity index (χ4v) is 2.56. The molecule has 0 spiro atoms. The predicted octanol–water partition coefficient (Wildman–Crippen LogP) is 0.204. The van der Waals surface area contributed by atoms with Gasteiger partial charge in [0.25, 0.3) is 0 Å². The molecule has 0 aliphatic carbocycles. The Labute approximate surface area is 103 Å². The molecule has 6 heteroatoms. The van der Waals surface area contributed by atoms with Crippen LogP contribution < -0.4 is 10.6 Å². The van der Waals surface area contributed by atoms with Crippen molar-refractivity contribution in [3.05, 3.63) is 22.4 Å². The molecule has 2 unspecified atom stereocenters. The summed E-state index contributed by atoms with van der Waals surface area (Å²) in [6.45, 7) is 0. The summed E-state index contributed by atoms with van der Waals surface area (Å²) in [6.07, 6.45) is 0.334. The van der Waals surface area contributed by atoms with Gasteiger partial charge in [-0.25, -0.2) is 0 Å². The zero-order chi connectivity index (χ0) is 11.5. The van der Waals surface area contributed by atoms with E-state index in [0.717, 1.165) is 4.88 Å². The quantitative estimate of drug-likeness (QED) is 0.532. The summed E-state index contributed by atoms with van der Waals surface area (Å²) in [5.41, 5.74) is 0. The van der Waals surface area contributed by atoms with Crippen molar-refractivity contribution in [3.63, 3.8) is 0 Å². The number of carbonyl (C=O) groups is 2. The number of nitrogens with one attached hydrogen (secondary N) is 2. The first-order chi connectivity index (χ1) is 7.70. The minimum atomic E-state index is -0.412. The Balaban J connectivity index is 1.85. The molecule has 1 fully saturated rings. The molecule has 0 aromatic carbocycles. The monoisotopic (exact) mass is 256 g/mol. The summed E-state index contributed by atoms with van der Waals surface area (Å²) in [7, 11) is 0. The average Bonchev–Trinajstić information content (AvgIpc) is 2.75. The van der Waals surface area contributed by atoms with Crippen LogP contribution in [-0.2, 0) is 16.0 Å². The standard InChI is InChI=1S/C10H12N2O2S2/c13-8(4-6-2-1-3-16-6)12-9-7(5-15)11-10(9)14/h1-3,7,9,15H,4-5H2,(H,11,14)(H,12,13). The molecule has 2 N–H and O–H groups in total. The lowest BCUT2D eigenvalue weighted by Crippen LogP contribution is -2.70. The topological polar surface area (TPSA) is 58.2 Å². The molecule has 16 heavy (non-hydrogen) atoms. The van der Waals surface area contributed by atoms with Crippen LogP contribution in [0, 0.1) is 0 Å². The molecule has 1 aromatic heterocycles. The van der Waals surface area contributed by atoms with Gasteiger partial charge < -0.3 is 10.6 Å². The van der Waals surface area contributed by atoms with Gasteiger partial charge in [-0.3, -0.25) is 9.59 Å². The van der Waals surface area contributed by atoms with Crippen LogP contribution in [0.2, 0.25) is 0 Å². The summed E-state index contributed by atoms with van der Waals surface area (Å²) in [5, 5.41) is 7.32. The molecule has 1 aliphatic heterocycles. The van der Waals surface area contributed by atoms with Crippen molar-refractivity contribution in [2.45, 2.75) is 18.5 Å². The van der Waals surface area contributed by atoms with Crippen LogP contribution in [0.5, 0.6) is 0 Å². The van der Waals surface area contributed by atoms with Crippen molar-refractivity contribution in [3.8, 4) is 0 Å². The maximum Gasteiger partial charge on any atom is 0.245 e. The van der Waals surface area contributed by atoms with Crippen LogP contribution in [-0.4, -0.2) is 29.7 Å². The average molecular weight is 256 g/mol. The maximum atomic E-state index is 11.6. The molecule has 2 amide bonds. The smallest absolute Gasteiger partial charge is 0.245 e. The van der Waals surface area contributed by atoms with Crippen molar-refractivity contribution in [1.29, 1.82) is 0 Å². The highest BCUT2D eigenvalue weighted by Gasteiger charge is 2.39. The van der Waals surface area contributed by atoms with Crippen LogP contribution in [0.15, 0.2) is 17.5 Å². The minimum absolute atomic E-state index is 0.0388. The second-order valence-electron chi connectivity index (χ2n) is 3.60. The van der Waals surface area contributed by atoms with Crippen LogP contribution in [0.1, 0.15) is 4.88 Å². The number of β-lactam (4-membered cyclic amide) rings is 1. The van der Waals surface area contributed by atoms with Crippen LogP contribution >= 0.6 is 24.0 Å². The summed E-state index contributed by atoms with van der Waals surface area (Å²) < 4.78 is 0. The van der Waals surface area contributed by atoms with Gasteiger partial charge in [0.15, 0.2) is 0 Å². The highest BCUT2D eigenvalue weighted by molar-refractivity contribution is 7.80. The lowest BCUT2D eigenvalue weighted by molar-refractivity contribution is -0.135. The molecule has 2 rings (SSSR count). The number of hydrogen-bond donors (Lipinski definition) is 3. The van der Waals surface area contributed by atoms with E-state index in [1.165, 1.54) is 11.3 Å². The Morgan fingerprint density at radius 3 is 3.00 bits per heavy atom.